The first-order valence-electron chi connectivity index (χ1n) is 7.13. The van der Waals surface area contributed by atoms with Crippen molar-refractivity contribution in [1.29, 1.82) is 0 Å². The molecule has 0 atom stereocenters. The molecule has 0 spiro atoms. The third-order valence-corrected chi connectivity index (χ3v) is 3.94. The fourth-order valence-corrected chi connectivity index (χ4v) is 2.90. The van der Waals surface area contributed by atoms with E-state index in [0.717, 1.165) is 24.9 Å². The maximum atomic E-state index is 12.3. The first kappa shape index (κ1) is 13.0. The Morgan fingerprint density at radius 1 is 1.30 bits per heavy atom. The van der Waals surface area contributed by atoms with Crippen molar-refractivity contribution in [1.82, 2.24) is 4.57 Å². The van der Waals surface area contributed by atoms with E-state index >= 15 is 0 Å². The van der Waals surface area contributed by atoms with Crippen LogP contribution in [0.15, 0.2) is 36.7 Å². The molecule has 0 radical (unpaired) electrons. The monoisotopic (exact) mass is 268 g/mol. The number of carbonyl (C=O) groups is 1. The molecular formula is C17H20N2O. The second-order valence-electron chi connectivity index (χ2n) is 5.65. The quantitative estimate of drug-likeness (QED) is 0.800. The average molecular weight is 268 g/mol. The van der Waals surface area contributed by atoms with Gasteiger partial charge in [0, 0.05) is 37.2 Å². The summed E-state index contributed by atoms with van der Waals surface area (Å²) in [5, 5.41) is 0. The number of rotatable bonds is 3. The number of fused-ring (bicyclic) bond motifs is 1. The minimum absolute atomic E-state index is 0.194. The minimum Gasteiger partial charge on any atom is -0.364 e. The SMILES string of the molecule is Cc1ccc2c(c1)CCCN2CC(=O)c1ccn(C)c1. The van der Waals surface area contributed by atoms with Gasteiger partial charge >= 0.3 is 0 Å². The first-order valence-corrected chi connectivity index (χ1v) is 7.13. The van der Waals surface area contributed by atoms with Crippen LogP contribution in [-0.2, 0) is 13.5 Å². The summed E-state index contributed by atoms with van der Waals surface area (Å²) in [4.78, 5) is 14.6. The van der Waals surface area contributed by atoms with E-state index in [9.17, 15) is 4.79 Å². The number of Topliss-reactive ketones (excluding diaryl/α,β-unsaturated/α-hetero) is 1. The molecule has 0 amide bonds. The second-order valence-corrected chi connectivity index (χ2v) is 5.65. The molecule has 0 aliphatic carbocycles. The Bertz CT molecular complexity index is 642. The average Bonchev–Trinajstić information content (AvgIpc) is 2.85. The lowest BCUT2D eigenvalue weighted by Gasteiger charge is -2.31. The molecule has 1 aliphatic heterocycles. The van der Waals surface area contributed by atoms with Gasteiger partial charge in [-0.3, -0.25) is 4.79 Å². The van der Waals surface area contributed by atoms with E-state index in [1.54, 1.807) is 0 Å². The number of ketones is 1. The van der Waals surface area contributed by atoms with Crippen LogP contribution in [0.25, 0.3) is 0 Å². The maximum absolute atomic E-state index is 12.3. The highest BCUT2D eigenvalue weighted by atomic mass is 16.1. The zero-order chi connectivity index (χ0) is 14.1. The number of anilines is 1. The molecule has 2 heterocycles. The van der Waals surface area contributed by atoms with Crippen LogP contribution in [-0.4, -0.2) is 23.4 Å². The molecule has 0 saturated carbocycles. The summed E-state index contributed by atoms with van der Waals surface area (Å²) in [7, 11) is 1.94. The number of aromatic nitrogens is 1. The van der Waals surface area contributed by atoms with Gasteiger partial charge in [-0.25, -0.2) is 0 Å². The van der Waals surface area contributed by atoms with Gasteiger partial charge in [0.1, 0.15) is 0 Å². The Balaban J connectivity index is 1.81. The number of carbonyl (C=O) groups excluding carboxylic acids is 1. The lowest BCUT2D eigenvalue weighted by Crippen LogP contribution is -2.34. The molecule has 1 aromatic heterocycles. The van der Waals surface area contributed by atoms with Gasteiger partial charge in [-0.1, -0.05) is 17.7 Å². The molecule has 104 valence electrons. The van der Waals surface area contributed by atoms with E-state index in [1.807, 2.05) is 30.1 Å². The zero-order valence-electron chi connectivity index (χ0n) is 12.1. The highest BCUT2D eigenvalue weighted by Gasteiger charge is 2.20. The van der Waals surface area contributed by atoms with Gasteiger partial charge in [0.25, 0.3) is 0 Å². The third kappa shape index (κ3) is 2.48. The Morgan fingerprint density at radius 2 is 2.15 bits per heavy atom. The lowest BCUT2D eigenvalue weighted by atomic mass is 9.99. The normalized spacial score (nSPS) is 14.2. The van der Waals surface area contributed by atoms with Crippen LogP contribution in [0.3, 0.4) is 0 Å². The van der Waals surface area contributed by atoms with Crippen molar-refractivity contribution in [3.8, 4) is 0 Å². The van der Waals surface area contributed by atoms with Crippen molar-refractivity contribution in [2.75, 3.05) is 18.0 Å². The van der Waals surface area contributed by atoms with Gasteiger partial charge in [-0.15, -0.1) is 0 Å². The molecular weight excluding hydrogens is 248 g/mol. The van der Waals surface area contributed by atoms with Crippen LogP contribution in [0.5, 0.6) is 0 Å². The first-order chi connectivity index (χ1) is 9.63. The molecule has 1 aromatic carbocycles. The van der Waals surface area contributed by atoms with Gasteiger partial charge in [0.15, 0.2) is 5.78 Å². The number of hydrogen-bond donors (Lipinski definition) is 0. The Hall–Kier alpha value is -2.03. The number of benzene rings is 1. The van der Waals surface area contributed by atoms with Crippen molar-refractivity contribution in [2.24, 2.45) is 7.05 Å². The molecule has 0 bridgehead atoms. The molecule has 3 nitrogen and oxygen atoms in total. The van der Waals surface area contributed by atoms with Crippen LogP contribution in [0.2, 0.25) is 0 Å². The molecule has 3 heteroatoms. The molecule has 0 fully saturated rings. The van der Waals surface area contributed by atoms with E-state index in [-0.39, 0.29) is 5.78 Å². The van der Waals surface area contributed by atoms with Crippen molar-refractivity contribution < 1.29 is 4.79 Å². The van der Waals surface area contributed by atoms with E-state index in [0.29, 0.717) is 6.54 Å². The van der Waals surface area contributed by atoms with Crippen molar-refractivity contribution in [3.05, 3.63) is 53.3 Å². The standard InChI is InChI=1S/C17H20N2O/c1-13-5-6-16-14(10-13)4-3-8-19(16)12-17(20)15-7-9-18(2)11-15/h5-7,9-11H,3-4,8,12H2,1-2H3. The second kappa shape index (κ2) is 5.16. The van der Waals surface area contributed by atoms with E-state index in [2.05, 4.69) is 30.0 Å². The fraction of sp³-hybridized carbons (Fsp3) is 0.353. The van der Waals surface area contributed by atoms with Gasteiger partial charge < -0.3 is 9.47 Å². The maximum Gasteiger partial charge on any atom is 0.183 e. The summed E-state index contributed by atoms with van der Waals surface area (Å²) in [6, 6.07) is 8.42. The minimum atomic E-state index is 0.194. The summed E-state index contributed by atoms with van der Waals surface area (Å²) >= 11 is 0. The molecule has 1 aliphatic rings. The van der Waals surface area contributed by atoms with Gasteiger partial charge in [-0.05, 0) is 37.5 Å². The topological polar surface area (TPSA) is 25.2 Å². The molecule has 0 unspecified atom stereocenters. The van der Waals surface area contributed by atoms with E-state index < -0.39 is 0 Å². The van der Waals surface area contributed by atoms with Crippen LogP contribution < -0.4 is 4.90 Å². The van der Waals surface area contributed by atoms with Crippen LogP contribution in [0, 0.1) is 6.92 Å². The Labute approximate surface area is 119 Å². The largest absolute Gasteiger partial charge is 0.364 e. The van der Waals surface area contributed by atoms with Crippen molar-refractivity contribution in [3.63, 3.8) is 0 Å². The summed E-state index contributed by atoms with van der Waals surface area (Å²) < 4.78 is 1.92. The van der Waals surface area contributed by atoms with Crippen molar-refractivity contribution in [2.45, 2.75) is 19.8 Å². The third-order valence-electron chi connectivity index (χ3n) is 3.94. The van der Waals surface area contributed by atoms with E-state index in [1.165, 1.54) is 16.8 Å². The van der Waals surface area contributed by atoms with E-state index in [4.69, 9.17) is 0 Å². The highest BCUT2D eigenvalue weighted by Crippen LogP contribution is 2.28. The van der Waals surface area contributed by atoms with Crippen LogP contribution >= 0.6 is 0 Å². The zero-order valence-corrected chi connectivity index (χ0v) is 12.1. The molecule has 20 heavy (non-hydrogen) atoms. The molecule has 0 N–H and O–H groups in total. The number of nitrogens with zero attached hydrogens (tertiary/aromatic N) is 2. The van der Waals surface area contributed by atoms with Crippen molar-refractivity contribution >= 4 is 11.5 Å². The predicted molar refractivity (Wildman–Crippen MR) is 81.5 cm³/mol. The summed E-state index contributed by atoms with van der Waals surface area (Å²) in [6.07, 6.45) is 6.05. The molecule has 3 rings (SSSR count). The molecule has 0 saturated heterocycles. The fourth-order valence-electron chi connectivity index (χ4n) is 2.90. The predicted octanol–water partition coefficient (Wildman–Crippen LogP) is 2.97. The summed E-state index contributed by atoms with van der Waals surface area (Å²) in [5.74, 6) is 0.194. The highest BCUT2D eigenvalue weighted by molar-refractivity contribution is 5.99. The van der Waals surface area contributed by atoms with Crippen LogP contribution in [0.1, 0.15) is 27.9 Å². The smallest absolute Gasteiger partial charge is 0.183 e. The van der Waals surface area contributed by atoms with Gasteiger partial charge in [0.05, 0.1) is 6.54 Å². The summed E-state index contributed by atoms with van der Waals surface area (Å²) in [6.45, 7) is 3.56. The molecule has 2 aromatic rings. The Kier molecular flexibility index (Phi) is 3.35. The lowest BCUT2D eigenvalue weighted by molar-refractivity contribution is 0.0998. The van der Waals surface area contributed by atoms with Gasteiger partial charge in [-0.2, -0.15) is 0 Å². The van der Waals surface area contributed by atoms with Crippen LogP contribution in [0.4, 0.5) is 5.69 Å². The number of aryl methyl sites for hydroxylation is 3. The summed E-state index contributed by atoms with van der Waals surface area (Å²) in [5.41, 5.74) is 4.69. The Morgan fingerprint density at radius 3 is 2.90 bits per heavy atom. The number of hydrogen-bond acceptors (Lipinski definition) is 2. The van der Waals surface area contributed by atoms with Gasteiger partial charge in [0.2, 0.25) is 0 Å².